The van der Waals surface area contributed by atoms with Gasteiger partial charge < -0.3 is 0 Å². The maximum atomic E-state index is 5.75. The predicted molar refractivity (Wildman–Crippen MR) is 68.4 cm³/mol. The van der Waals surface area contributed by atoms with Gasteiger partial charge >= 0.3 is 0 Å². The van der Waals surface area contributed by atoms with E-state index in [0.717, 1.165) is 12.3 Å². The van der Waals surface area contributed by atoms with Gasteiger partial charge in [-0.05, 0) is 13.3 Å². The van der Waals surface area contributed by atoms with Crippen molar-refractivity contribution in [3.05, 3.63) is 29.8 Å². The van der Waals surface area contributed by atoms with Crippen molar-refractivity contribution >= 4 is 24.9 Å². The molecule has 0 amide bonds. The maximum absolute atomic E-state index is 5.75. The molecule has 0 spiro atoms. The highest BCUT2D eigenvalue weighted by Crippen LogP contribution is 2.13. The standard InChI is InChI=1S/C12H19ClSi/c1-11-6-4-7-12(10-11)14(2,3)9-5-8-13/h4,6-7,10H,5,8-9H2,1-3H3. The second kappa shape index (κ2) is 4.99. The van der Waals surface area contributed by atoms with Gasteiger partial charge in [-0.1, -0.05) is 54.2 Å². The minimum Gasteiger partial charge on any atom is -0.127 e. The Bertz CT molecular complexity index is 294. The molecular formula is C12H19ClSi. The van der Waals surface area contributed by atoms with Crippen molar-refractivity contribution in [2.75, 3.05) is 5.88 Å². The smallest absolute Gasteiger partial charge is 0.0806 e. The number of alkyl halides is 1. The largest absolute Gasteiger partial charge is 0.127 e. The van der Waals surface area contributed by atoms with E-state index in [1.54, 1.807) is 5.19 Å². The predicted octanol–water partition coefficient (Wildman–Crippen LogP) is 3.54. The summed E-state index contributed by atoms with van der Waals surface area (Å²) in [5.74, 6) is 0.794. The van der Waals surface area contributed by atoms with Gasteiger partial charge in [0.2, 0.25) is 0 Å². The first-order valence-corrected chi connectivity index (χ1v) is 8.93. The van der Waals surface area contributed by atoms with E-state index in [1.807, 2.05) is 0 Å². The SMILES string of the molecule is Cc1cccc([Si](C)(C)CCCCl)c1. The zero-order chi connectivity index (χ0) is 10.6. The third-order valence-electron chi connectivity index (χ3n) is 2.73. The van der Waals surface area contributed by atoms with Crippen molar-refractivity contribution in [3.63, 3.8) is 0 Å². The Hall–Kier alpha value is -0.273. The third-order valence-corrected chi connectivity index (χ3v) is 6.48. The number of benzene rings is 1. The van der Waals surface area contributed by atoms with Crippen LogP contribution in [0.4, 0.5) is 0 Å². The maximum Gasteiger partial charge on any atom is 0.0806 e. The van der Waals surface area contributed by atoms with Crippen LogP contribution >= 0.6 is 11.6 Å². The van der Waals surface area contributed by atoms with Crippen LogP contribution in [0.5, 0.6) is 0 Å². The molecule has 78 valence electrons. The highest BCUT2D eigenvalue weighted by molar-refractivity contribution is 6.89. The zero-order valence-electron chi connectivity index (χ0n) is 9.31. The van der Waals surface area contributed by atoms with Gasteiger partial charge in [0.1, 0.15) is 0 Å². The highest BCUT2D eigenvalue weighted by Gasteiger charge is 2.22. The molecule has 0 radical (unpaired) electrons. The van der Waals surface area contributed by atoms with E-state index < -0.39 is 8.07 Å². The number of hydrogen-bond donors (Lipinski definition) is 0. The molecule has 0 heterocycles. The van der Waals surface area contributed by atoms with Gasteiger partial charge in [0.05, 0.1) is 8.07 Å². The minimum atomic E-state index is -1.22. The number of rotatable bonds is 4. The van der Waals surface area contributed by atoms with Crippen molar-refractivity contribution in [2.24, 2.45) is 0 Å². The molecule has 0 unspecified atom stereocenters. The molecule has 0 fully saturated rings. The molecule has 0 bridgehead atoms. The molecule has 0 nitrogen and oxygen atoms in total. The Morgan fingerprint density at radius 3 is 2.57 bits per heavy atom. The van der Waals surface area contributed by atoms with Gasteiger partial charge in [-0.3, -0.25) is 0 Å². The van der Waals surface area contributed by atoms with E-state index >= 15 is 0 Å². The van der Waals surface area contributed by atoms with Gasteiger partial charge in [-0.2, -0.15) is 0 Å². The molecule has 1 rings (SSSR count). The van der Waals surface area contributed by atoms with Crippen LogP contribution in [-0.4, -0.2) is 14.0 Å². The monoisotopic (exact) mass is 226 g/mol. The Morgan fingerprint density at radius 2 is 2.00 bits per heavy atom. The van der Waals surface area contributed by atoms with Crippen LogP contribution in [0.3, 0.4) is 0 Å². The number of hydrogen-bond acceptors (Lipinski definition) is 0. The van der Waals surface area contributed by atoms with Crippen LogP contribution < -0.4 is 5.19 Å². The van der Waals surface area contributed by atoms with Crippen molar-refractivity contribution < 1.29 is 0 Å². The molecule has 0 aromatic heterocycles. The Kier molecular flexibility index (Phi) is 4.21. The van der Waals surface area contributed by atoms with E-state index in [1.165, 1.54) is 11.6 Å². The molecule has 2 heteroatoms. The van der Waals surface area contributed by atoms with E-state index in [4.69, 9.17) is 11.6 Å². The van der Waals surface area contributed by atoms with Crippen molar-refractivity contribution in [3.8, 4) is 0 Å². The fourth-order valence-electron chi connectivity index (χ4n) is 1.72. The van der Waals surface area contributed by atoms with Crippen molar-refractivity contribution in [1.82, 2.24) is 0 Å². The van der Waals surface area contributed by atoms with Crippen LogP contribution in [0.15, 0.2) is 24.3 Å². The zero-order valence-corrected chi connectivity index (χ0v) is 11.1. The first-order valence-electron chi connectivity index (χ1n) is 5.19. The second-order valence-electron chi connectivity index (χ2n) is 4.55. The average Bonchev–Trinajstić information content (AvgIpc) is 2.15. The summed E-state index contributed by atoms with van der Waals surface area (Å²) >= 11 is 5.75. The summed E-state index contributed by atoms with van der Waals surface area (Å²) in [6.07, 6.45) is 1.15. The molecule has 0 saturated heterocycles. The topological polar surface area (TPSA) is 0 Å². The molecule has 1 aromatic rings. The highest BCUT2D eigenvalue weighted by atomic mass is 35.5. The molecular weight excluding hydrogens is 208 g/mol. The lowest BCUT2D eigenvalue weighted by Crippen LogP contribution is -2.41. The fraction of sp³-hybridized carbons (Fsp3) is 0.500. The lowest BCUT2D eigenvalue weighted by Gasteiger charge is -2.22. The second-order valence-corrected chi connectivity index (χ2v) is 9.77. The van der Waals surface area contributed by atoms with E-state index in [-0.39, 0.29) is 0 Å². The van der Waals surface area contributed by atoms with E-state index in [0.29, 0.717) is 0 Å². The molecule has 0 aliphatic rings. The molecule has 0 N–H and O–H groups in total. The normalized spacial score (nSPS) is 11.7. The first kappa shape index (κ1) is 11.8. The van der Waals surface area contributed by atoms with Crippen LogP contribution in [0.1, 0.15) is 12.0 Å². The fourth-order valence-corrected chi connectivity index (χ4v) is 4.59. The summed E-state index contributed by atoms with van der Waals surface area (Å²) in [7, 11) is -1.22. The van der Waals surface area contributed by atoms with E-state index in [9.17, 15) is 0 Å². The Labute approximate surface area is 93.3 Å². The van der Waals surface area contributed by atoms with Gasteiger partial charge in [0, 0.05) is 5.88 Å². The molecule has 0 aliphatic carbocycles. The summed E-state index contributed by atoms with van der Waals surface area (Å²) in [5.41, 5.74) is 1.37. The summed E-state index contributed by atoms with van der Waals surface area (Å²) in [4.78, 5) is 0. The summed E-state index contributed by atoms with van der Waals surface area (Å²) in [6.45, 7) is 7.01. The average molecular weight is 227 g/mol. The summed E-state index contributed by atoms with van der Waals surface area (Å²) < 4.78 is 0. The van der Waals surface area contributed by atoms with Crippen molar-refractivity contribution in [2.45, 2.75) is 32.5 Å². The number of halogens is 1. The van der Waals surface area contributed by atoms with Gasteiger partial charge in [0.25, 0.3) is 0 Å². The van der Waals surface area contributed by atoms with Crippen LogP contribution in [-0.2, 0) is 0 Å². The lowest BCUT2D eigenvalue weighted by atomic mass is 10.2. The molecule has 14 heavy (non-hydrogen) atoms. The molecule has 0 aliphatic heterocycles. The van der Waals surface area contributed by atoms with Gasteiger partial charge in [0.15, 0.2) is 0 Å². The van der Waals surface area contributed by atoms with Crippen LogP contribution in [0, 0.1) is 6.92 Å². The Morgan fingerprint density at radius 1 is 1.29 bits per heavy atom. The Balaban J connectivity index is 2.80. The number of aryl methyl sites for hydroxylation is 1. The van der Waals surface area contributed by atoms with Crippen LogP contribution in [0.25, 0.3) is 0 Å². The molecule has 1 aromatic carbocycles. The third kappa shape index (κ3) is 3.14. The lowest BCUT2D eigenvalue weighted by molar-refractivity contribution is 1.06. The van der Waals surface area contributed by atoms with Crippen LogP contribution in [0.2, 0.25) is 19.1 Å². The van der Waals surface area contributed by atoms with Gasteiger partial charge in [-0.15, -0.1) is 11.6 Å². The first-order chi connectivity index (χ1) is 6.56. The van der Waals surface area contributed by atoms with Gasteiger partial charge in [-0.25, -0.2) is 0 Å². The summed E-state index contributed by atoms with van der Waals surface area (Å²) in [6, 6.07) is 10.2. The van der Waals surface area contributed by atoms with E-state index in [2.05, 4.69) is 44.3 Å². The molecule has 0 atom stereocenters. The quantitative estimate of drug-likeness (QED) is 0.544. The van der Waals surface area contributed by atoms with Crippen molar-refractivity contribution in [1.29, 1.82) is 0 Å². The minimum absolute atomic E-state index is 0.794. The summed E-state index contributed by atoms with van der Waals surface area (Å²) in [5, 5.41) is 1.56. The molecule has 0 saturated carbocycles.